The summed E-state index contributed by atoms with van der Waals surface area (Å²) in [5, 5.41) is 7.21. The smallest absolute Gasteiger partial charge is 0.271 e. The predicted octanol–water partition coefficient (Wildman–Crippen LogP) is 3.51. The largest absolute Gasteiger partial charge is 0.461 e. The van der Waals surface area contributed by atoms with Gasteiger partial charge in [-0.2, -0.15) is 0 Å². The van der Waals surface area contributed by atoms with Crippen molar-refractivity contribution in [1.82, 2.24) is 25.0 Å². The van der Waals surface area contributed by atoms with Crippen molar-refractivity contribution in [3.63, 3.8) is 0 Å². The number of likely N-dealkylation sites (tertiary alicyclic amines) is 2. The molecule has 1 aromatic carbocycles. The number of fused-ring (bicyclic) bond motifs is 1. The summed E-state index contributed by atoms with van der Waals surface area (Å²) >= 11 is 0. The first-order chi connectivity index (χ1) is 20.2. The lowest BCUT2D eigenvalue weighted by Gasteiger charge is -2.26. The van der Waals surface area contributed by atoms with Crippen molar-refractivity contribution >= 4 is 40.3 Å². The second-order valence-corrected chi connectivity index (χ2v) is 11.2. The Kier molecular flexibility index (Phi) is 9.16. The summed E-state index contributed by atoms with van der Waals surface area (Å²) in [6, 6.07) is 10.8. The number of nitrogens with one attached hydrogen (secondary N) is 2. The second-order valence-electron chi connectivity index (χ2n) is 11.2. The fourth-order valence-corrected chi connectivity index (χ4v) is 5.44. The van der Waals surface area contributed by atoms with E-state index in [-0.39, 0.29) is 29.5 Å². The number of hydrogen-bond donors (Lipinski definition) is 2. The van der Waals surface area contributed by atoms with Gasteiger partial charge in [-0.3, -0.25) is 29.6 Å². The first kappa shape index (κ1) is 29.2. The highest BCUT2D eigenvalue weighted by molar-refractivity contribution is 6.10. The highest BCUT2D eigenvalue weighted by Gasteiger charge is 2.23. The minimum absolute atomic E-state index is 0.0392. The average molecular weight is 574 g/mol. The van der Waals surface area contributed by atoms with Crippen LogP contribution in [0.5, 0.6) is 0 Å². The van der Waals surface area contributed by atoms with Crippen molar-refractivity contribution in [2.45, 2.75) is 45.1 Å². The van der Waals surface area contributed by atoms with E-state index in [0.29, 0.717) is 17.9 Å². The van der Waals surface area contributed by atoms with E-state index in [4.69, 9.17) is 9.41 Å². The average Bonchev–Trinajstić information content (AvgIpc) is 3.48. The molecule has 4 heterocycles. The maximum atomic E-state index is 13.3. The van der Waals surface area contributed by atoms with Gasteiger partial charge in [0.15, 0.2) is 0 Å². The van der Waals surface area contributed by atoms with Gasteiger partial charge >= 0.3 is 0 Å². The molecule has 0 bridgehead atoms. The van der Waals surface area contributed by atoms with Crippen LogP contribution in [0.3, 0.4) is 0 Å². The van der Waals surface area contributed by atoms with E-state index in [9.17, 15) is 14.4 Å². The minimum Gasteiger partial charge on any atom is -0.461 e. The van der Waals surface area contributed by atoms with Crippen LogP contribution in [-0.4, -0.2) is 96.2 Å². The fourth-order valence-electron chi connectivity index (χ4n) is 5.44. The molecule has 42 heavy (non-hydrogen) atoms. The van der Waals surface area contributed by atoms with E-state index < -0.39 is 0 Å². The van der Waals surface area contributed by atoms with Crippen molar-refractivity contribution in [2.75, 3.05) is 52.1 Å². The maximum absolute atomic E-state index is 13.3. The molecule has 1 unspecified atom stereocenters. The minimum atomic E-state index is -0.379. The number of benzene rings is 1. The van der Waals surface area contributed by atoms with E-state index in [1.807, 2.05) is 36.1 Å². The Morgan fingerprint density at radius 3 is 2.69 bits per heavy atom. The zero-order valence-electron chi connectivity index (χ0n) is 24.6. The van der Waals surface area contributed by atoms with Gasteiger partial charge in [0.05, 0.1) is 11.6 Å². The Hall–Kier alpha value is -4.25. The van der Waals surface area contributed by atoms with Crippen LogP contribution in [0.15, 0.2) is 52.0 Å². The van der Waals surface area contributed by atoms with Crippen LogP contribution in [0.2, 0.25) is 0 Å². The third-order valence-corrected chi connectivity index (χ3v) is 7.68. The molecule has 2 N–H and O–H groups in total. The summed E-state index contributed by atoms with van der Waals surface area (Å²) in [5.41, 5.74) is 2.14. The summed E-state index contributed by atoms with van der Waals surface area (Å²) in [4.78, 5) is 52.6. The predicted molar refractivity (Wildman–Crippen MR) is 162 cm³/mol. The van der Waals surface area contributed by atoms with Gasteiger partial charge < -0.3 is 19.5 Å². The summed E-state index contributed by atoms with van der Waals surface area (Å²) in [5.74, 6) is 0.794. The number of hydrogen-bond acceptors (Lipinski definition) is 7. The molecule has 2 aromatic heterocycles. The molecule has 11 nitrogen and oxygen atoms in total. The number of amides is 3. The lowest BCUT2D eigenvalue weighted by Crippen LogP contribution is -2.40. The molecular formula is C31H39N7O4. The Bertz CT molecular complexity index is 1460. The number of aliphatic imine (C=N–C) groups is 1. The molecule has 11 heteroatoms. The number of rotatable bonds is 7. The van der Waals surface area contributed by atoms with Gasteiger partial charge in [0.1, 0.15) is 17.0 Å². The monoisotopic (exact) mass is 573 g/mol. The first-order valence-corrected chi connectivity index (χ1v) is 14.6. The molecule has 2 fully saturated rings. The molecule has 2 aliphatic heterocycles. The van der Waals surface area contributed by atoms with Crippen molar-refractivity contribution in [2.24, 2.45) is 4.99 Å². The van der Waals surface area contributed by atoms with Gasteiger partial charge in [-0.1, -0.05) is 6.42 Å². The number of nitrogens with zero attached hydrogens (tertiary/aromatic N) is 5. The fraction of sp³-hybridized carbons (Fsp3) is 0.452. The second kappa shape index (κ2) is 13.2. The van der Waals surface area contributed by atoms with E-state index in [2.05, 4.69) is 20.5 Å². The third-order valence-electron chi connectivity index (χ3n) is 7.68. The number of anilines is 1. The lowest BCUT2D eigenvalue weighted by molar-refractivity contribution is -0.127. The van der Waals surface area contributed by atoms with Crippen LogP contribution >= 0.6 is 0 Å². The Morgan fingerprint density at radius 2 is 1.95 bits per heavy atom. The molecule has 2 saturated heterocycles. The number of pyridine rings is 1. The maximum Gasteiger partial charge on any atom is 0.271 e. The normalized spacial score (nSPS) is 18.3. The van der Waals surface area contributed by atoms with Crippen LogP contribution in [-0.2, 0) is 4.79 Å². The van der Waals surface area contributed by atoms with E-state index in [1.54, 1.807) is 26.2 Å². The highest BCUT2D eigenvalue weighted by Crippen LogP contribution is 2.23. The van der Waals surface area contributed by atoms with Crippen LogP contribution in [0.25, 0.3) is 11.0 Å². The van der Waals surface area contributed by atoms with Crippen molar-refractivity contribution in [1.29, 1.82) is 0 Å². The molecule has 2 aliphatic rings. The Morgan fingerprint density at radius 1 is 1.10 bits per heavy atom. The molecule has 222 valence electrons. The molecular weight excluding hydrogens is 534 g/mol. The van der Waals surface area contributed by atoms with E-state index in [1.165, 1.54) is 11.1 Å². The SMILES string of the molecule is Cc1cc2cc(NC(=NC3CCCCN(CCN4CCCC4=O)C3)NC(=O)c3ccc(C(=O)N(C)C)nc3)ccc2o1. The lowest BCUT2D eigenvalue weighted by atomic mass is 10.1. The van der Waals surface area contributed by atoms with Crippen molar-refractivity contribution in [3.05, 3.63) is 59.6 Å². The first-order valence-electron chi connectivity index (χ1n) is 14.6. The van der Waals surface area contributed by atoms with E-state index in [0.717, 1.165) is 80.8 Å². The molecule has 0 aliphatic carbocycles. The zero-order valence-corrected chi connectivity index (χ0v) is 24.6. The summed E-state index contributed by atoms with van der Waals surface area (Å²) in [6.45, 7) is 6.00. The summed E-state index contributed by atoms with van der Waals surface area (Å²) in [7, 11) is 3.31. The number of guanidine groups is 1. The number of aromatic nitrogens is 1. The van der Waals surface area contributed by atoms with Crippen molar-refractivity contribution < 1.29 is 18.8 Å². The number of furan rings is 1. The van der Waals surface area contributed by atoms with Crippen LogP contribution in [0.1, 0.15) is 58.7 Å². The van der Waals surface area contributed by atoms with Gasteiger partial charge in [0.2, 0.25) is 11.9 Å². The molecule has 5 rings (SSSR count). The quantitative estimate of drug-likeness (QED) is 0.328. The van der Waals surface area contributed by atoms with Gasteiger partial charge in [0, 0.05) is 64.0 Å². The van der Waals surface area contributed by atoms with Crippen LogP contribution in [0, 0.1) is 6.92 Å². The van der Waals surface area contributed by atoms with Gasteiger partial charge in [-0.15, -0.1) is 0 Å². The van der Waals surface area contributed by atoms with Crippen LogP contribution in [0.4, 0.5) is 5.69 Å². The molecule has 3 amide bonds. The van der Waals surface area contributed by atoms with Gasteiger partial charge in [-0.25, -0.2) is 4.99 Å². The number of aryl methyl sites for hydroxylation is 1. The topological polar surface area (TPSA) is 123 Å². The summed E-state index contributed by atoms with van der Waals surface area (Å²) in [6.07, 6.45) is 5.97. The van der Waals surface area contributed by atoms with Gasteiger partial charge in [-0.05, 0) is 69.1 Å². The Balaban J connectivity index is 1.34. The molecule has 0 spiro atoms. The molecule has 3 aromatic rings. The Labute approximate surface area is 246 Å². The molecule has 0 saturated carbocycles. The third kappa shape index (κ3) is 7.33. The number of carbonyl (C=O) groups is 3. The van der Waals surface area contributed by atoms with E-state index >= 15 is 0 Å². The highest BCUT2D eigenvalue weighted by atomic mass is 16.3. The van der Waals surface area contributed by atoms with Crippen LogP contribution < -0.4 is 10.6 Å². The van der Waals surface area contributed by atoms with Crippen molar-refractivity contribution in [3.8, 4) is 0 Å². The molecule has 1 atom stereocenters. The number of carbonyl (C=O) groups excluding carboxylic acids is 3. The zero-order chi connectivity index (χ0) is 29.6. The standard InChI is InChI=1S/C31H39N7O4/c1-21-17-23-18-24(10-12-27(23)42-21)33-31(35-29(40)22-9-11-26(32-19-22)30(41)36(2)3)34-25-7-4-5-13-37(20-25)15-16-38-14-6-8-28(38)39/h9-12,17-19,25H,4-8,13-16,20H2,1-3H3,(H2,33,34,35,40). The molecule has 0 radical (unpaired) electrons. The summed E-state index contributed by atoms with van der Waals surface area (Å²) < 4.78 is 5.71. The van der Waals surface area contributed by atoms with Gasteiger partial charge in [0.25, 0.3) is 11.8 Å².